The number of benzene rings is 1. The Hall–Kier alpha value is -0.910. The van der Waals surface area contributed by atoms with E-state index in [4.69, 9.17) is 10.9 Å². The fraction of sp³-hybridized carbons (Fsp3) is 0.400. The fourth-order valence-corrected chi connectivity index (χ4v) is 1.83. The fourth-order valence-electron chi connectivity index (χ4n) is 1.32. The van der Waals surface area contributed by atoms with Crippen molar-refractivity contribution in [2.24, 2.45) is 10.9 Å². The molecule has 4 nitrogen and oxygen atoms in total. The second kappa shape index (κ2) is 5.25. The van der Waals surface area contributed by atoms with E-state index in [1.165, 1.54) is 12.1 Å². The lowest BCUT2D eigenvalue weighted by molar-refractivity contribution is 0.597. The molecule has 0 aliphatic heterocycles. The number of nitrogens with two attached hydrogens (primary N) is 2. The number of primary sulfonamides is 1. The Morgan fingerprint density at radius 3 is 2.13 bits per heavy atom. The number of aryl methyl sites for hydroxylation is 1. The van der Waals surface area contributed by atoms with E-state index in [0.717, 1.165) is 24.8 Å². The van der Waals surface area contributed by atoms with E-state index in [0.29, 0.717) is 6.54 Å². The molecular weight excluding hydrogens is 212 g/mol. The van der Waals surface area contributed by atoms with Gasteiger partial charge in [0, 0.05) is 0 Å². The van der Waals surface area contributed by atoms with E-state index >= 15 is 0 Å². The second-order valence-corrected chi connectivity index (χ2v) is 5.00. The molecule has 0 fully saturated rings. The van der Waals surface area contributed by atoms with Crippen molar-refractivity contribution in [3.8, 4) is 0 Å². The van der Waals surface area contributed by atoms with Crippen LogP contribution in [0.5, 0.6) is 0 Å². The van der Waals surface area contributed by atoms with E-state index < -0.39 is 10.0 Å². The molecule has 5 heteroatoms. The molecule has 0 amide bonds. The van der Waals surface area contributed by atoms with Crippen LogP contribution < -0.4 is 10.9 Å². The maximum Gasteiger partial charge on any atom is 0.238 e. The molecule has 0 spiro atoms. The topological polar surface area (TPSA) is 86.2 Å². The van der Waals surface area contributed by atoms with Crippen molar-refractivity contribution < 1.29 is 8.42 Å². The third kappa shape index (κ3) is 3.99. The quantitative estimate of drug-likeness (QED) is 0.724. The monoisotopic (exact) mass is 228 g/mol. The van der Waals surface area contributed by atoms with E-state index in [9.17, 15) is 8.42 Å². The summed E-state index contributed by atoms with van der Waals surface area (Å²) in [6.07, 6.45) is 2.92. The summed E-state index contributed by atoms with van der Waals surface area (Å²) in [7, 11) is -3.56. The van der Waals surface area contributed by atoms with Crippen molar-refractivity contribution in [3.63, 3.8) is 0 Å². The summed E-state index contributed by atoms with van der Waals surface area (Å²) in [4.78, 5) is 0.157. The lowest BCUT2D eigenvalue weighted by Crippen LogP contribution is -2.11. The van der Waals surface area contributed by atoms with Crippen molar-refractivity contribution in [1.29, 1.82) is 0 Å². The first-order chi connectivity index (χ1) is 7.04. The molecule has 1 rings (SSSR count). The van der Waals surface area contributed by atoms with Gasteiger partial charge in [-0.2, -0.15) is 0 Å². The third-order valence-corrected chi connectivity index (χ3v) is 3.10. The molecule has 0 saturated carbocycles. The molecule has 4 N–H and O–H groups in total. The zero-order chi connectivity index (χ0) is 11.3. The van der Waals surface area contributed by atoms with Crippen molar-refractivity contribution in [1.82, 2.24) is 0 Å². The highest BCUT2D eigenvalue weighted by Crippen LogP contribution is 2.10. The summed E-state index contributed by atoms with van der Waals surface area (Å²) >= 11 is 0. The summed E-state index contributed by atoms with van der Waals surface area (Å²) < 4.78 is 21.9. The third-order valence-electron chi connectivity index (χ3n) is 2.17. The van der Waals surface area contributed by atoms with Crippen LogP contribution in [0.2, 0.25) is 0 Å². The maximum absolute atomic E-state index is 11.0. The van der Waals surface area contributed by atoms with Crippen molar-refractivity contribution in [3.05, 3.63) is 29.8 Å². The molecule has 0 heterocycles. The van der Waals surface area contributed by atoms with Crippen LogP contribution in [0.3, 0.4) is 0 Å². The van der Waals surface area contributed by atoms with Gasteiger partial charge in [0.2, 0.25) is 10.0 Å². The maximum atomic E-state index is 11.0. The Morgan fingerprint density at radius 1 is 1.07 bits per heavy atom. The van der Waals surface area contributed by atoms with Gasteiger partial charge in [-0.05, 0) is 43.5 Å². The molecule has 0 saturated heterocycles. The first-order valence-corrected chi connectivity index (χ1v) is 6.40. The molecule has 0 aliphatic carbocycles. The summed E-state index contributed by atoms with van der Waals surface area (Å²) in [5.74, 6) is 0. The molecule has 0 aromatic heterocycles. The van der Waals surface area contributed by atoms with Gasteiger partial charge in [0.1, 0.15) is 0 Å². The van der Waals surface area contributed by atoms with E-state index in [1.807, 2.05) is 0 Å². The highest BCUT2D eigenvalue weighted by molar-refractivity contribution is 7.89. The highest BCUT2D eigenvalue weighted by Gasteiger charge is 2.06. The van der Waals surface area contributed by atoms with Crippen LogP contribution in [-0.2, 0) is 16.4 Å². The van der Waals surface area contributed by atoms with Gasteiger partial charge in [0.05, 0.1) is 4.90 Å². The van der Waals surface area contributed by atoms with Crippen LogP contribution in [0, 0.1) is 0 Å². The summed E-state index contributed by atoms with van der Waals surface area (Å²) in [6.45, 7) is 0.690. The molecular formula is C10H16N2O2S. The normalized spacial score (nSPS) is 11.6. The average molecular weight is 228 g/mol. The van der Waals surface area contributed by atoms with Crippen LogP contribution in [-0.4, -0.2) is 15.0 Å². The summed E-state index contributed by atoms with van der Waals surface area (Å²) in [5.41, 5.74) is 6.49. The number of unbranched alkanes of at least 4 members (excludes halogenated alkanes) is 1. The summed E-state index contributed by atoms with van der Waals surface area (Å²) in [5, 5.41) is 4.98. The Balaban J connectivity index is 2.65. The van der Waals surface area contributed by atoms with Gasteiger partial charge in [-0.1, -0.05) is 12.1 Å². The van der Waals surface area contributed by atoms with Crippen molar-refractivity contribution in [2.75, 3.05) is 6.54 Å². The Labute approximate surface area is 90.3 Å². The molecule has 0 bridgehead atoms. The lowest BCUT2D eigenvalue weighted by atomic mass is 10.1. The van der Waals surface area contributed by atoms with Gasteiger partial charge < -0.3 is 5.73 Å². The van der Waals surface area contributed by atoms with Gasteiger partial charge in [-0.25, -0.2) is 13.6 Å². The predicted molar refractivity (Wildman–Crippen MR) is 59.8 cm³/mol. The van der Waals surface area contributed by atoms with Crippen molar-refractivity contribution in [2.45, 2.75) is 24.2 Å². The molecule has 0 radical (unpaired) electrons. The molecule has 15 heavy (non-hydrogen) atoms. The first kappa shape index (κ1) is 12.2. The average Bonchev–Trinajstić information content (AvgIpc) is 2.18. The van der Waals surface area contributed by atoms with E-state index in [1.54, 1.807) is 12.1 Å². The number of sulfonamides is 1. The van der Waals surface area contributed by atoms with Crippen molar-refractivity contribution >= 4 is 10.0 Å². The summed E-state index contributed by atoms with van der Waals surface area (Å²) in [6, 6.07) is 6.65. The largest absolute Gasteiger partial charge is 0.330 e. The smallest absolute Gasteiger partial charge is 0.238 e. The SMILES string of the molecule is NCCCCc1ccc(S(N)(=O)=O)cc1. The Morgan fingerprint density at radius 2 is 1.67 bits per heavy atom. The number of hydrogen-bond donors (Lipinski definition) is 2. The zero-order valence-electron chi connectivity index (χ0n) is 8.52. The van der Waals surface area contributed by atoms with Gasteiger partial charge in [0.25, 0.3) is 0 Å². The number of rotatable bonds is 5. The minimum atomic E-state index is -3.56. The molecule has 84 valence electrons. The Bertz CT molecular complexity index is 398. The van der Waals surface area contributed by atoms with Crippen LogP contribution in [0.25, 0.3) is 0 Å². The van der Waals surface area contributed by atoms with Crippen LogP contribution in [0.15, 0.2) is 29.2 Å². The molecule has 0 aliphatic rings. The lowest BCUT2D eigenvalue weighted by Gasteiger charge is -2.02. The zero-order valence-corrected chi connectivity index (χ0v) is 9.33. The molecule has 1 aromatic carbocycles. The van der Waals surface area contributed by atoms with E-state index in [-0.39, 0.29) is 4.90 Å². The molecule has 0 atom stereocenters. The van der Waals surface area contributed by atoms with Crippen LogP contribution in [0.1, 0.15) is 18.4 Å². The van der Waals surface area contributed by atoms with Crippen LogP contribution in [0.4, 0.5) is 0 Å². The predicted octanol–water partition coefficient (Wildman–Crippen LogP) is 0.615. The van der Waals surface area contributed by atoms with Crippen LogP contribution >= 0.6 is 0 Å². The Kier molecular flexibility index (Phi) is 4.26. The van der Waals surface area contributed by atoms with Gasteiger partial charge in [-0.15, -0.1) is 0 Å². The highest BCUT2D eigenvalue weighted by atomic mass is 32.2. The minimum absolute atomic E-state index is 0.157. The van der Waals surface area contributed by atoms with E-state index in [2.05, 4.69) is 0 Å². The number of hydrogen-bond acceptors (Lipinski definition) is 3. The second-order valence-electron chi connectivity index (χ2n) is 3.43. The molecule has 0 unspecified atom stereocenters. The first-order valence-electron chi connectivity index (χ1n) is 4.86. The molecule has 1 aromatic rings. The van der Waals surface area contributed by atoms with Gasteiger partial charge >= 0.3 is 0 Å². The van der Waals surface area contributed by atoms with Gasteiger partial charge in [-0.3, -0.25) is 0 Å². The minimum Gasteiger partial charge on any atom is -0.330 e. The van der Waals surface area contributed by atoms with Gasteiger partial charge in [0.15, 0.2) is 0 Å². The standard InChI is InChI=1S/C10H16N2O2S/c11-8-2-1-3-9-4-6-10(7-5-9)15(12,13)14/h4-7H,1-3,8,11H2,(H2,12,13,14).